The van der Waals surface area contributed by atoms with E-state index in [1.54, 1.807) is 13.0 Å². The zero-order valence-electron chi connectivity index (χ0n) is 9.04. The molecule has 2 rings (SSSR count). The van der Waals surface area contributed by atoms with Crippen LogP contribution in [-0.4, -0.2) is 29.1 Å². The summed E-state index contributed by atoms with van der Waals surface area (Å²) in [5.41, 5.74) is -0.0847. The van der Waals surface area contributed by atoms with E-state index in [9.17, 15) is 10.1 Å². The van der Waals surface area contributed by atoms with Crippen LogP contribution in [0.5, 0.6) is 0 Å². The Hall–Kier alpha value is -1.69. The molecule has 6 nitrogen and oxygen atoms in total. The first kappa shape index (κ1) is 11.8. The number of hydrogen-bond acceptors (Lipinski definition) is 5. The topological polar surface area (TPSA) is 77.1 Å². The maximum Gasteiger partial charge on any atom is 0.307 e. The minimum absolute atomic E-state index is 0.0847. The number of nitro groups is 1. The molecule has 2 aliphatic rings. The Morgan fingerprint density at radius 3 is 3.00 bits per heavy atom. The van der Waals surface area contributed by atoms with Crippen molar-refractivity contribution >= 4 is 23.1 Å². The van der Waals surface area contributed by atoms with Crippen molar-refractivity contribution in [1.29, 1.82) is 0 Å². The first-order valence-electron chi connectivity index (χ1n) is 5.09. The van der Waals surface area contributed by atoms with Gasteiger partial charge in [0.15, 0.2) is 5.76 Å². The summed E-state index contributed by atoms with van der Waals surface area (Å²) in [5.74, 6) is -0.131. The molecule has 1 aliphatic carbocycles. The van der Waals surface area contributed by atoms with Gasteiger partial charge in [-0.25, -0.2) is 4.99 Å². The lowest BCUT2D eigenvalue weighted by molar-refractivity contribution is -0.425. The first-order valence-corrected chi connectivity index (χ1v) is 5.47. The summed E-state index contributed by atoms with van der Waals surface area (Å²) in [6, 6.07) is -0.273. The lowest BCUT2D eigenvalue weighted by atomic mass is 9.93. The summed E-state index contributed by atoms with van der Waals surface area (Å²) >= 11 is 5.91. The van der Waals surface area contributed by atoms with Crippen LogP contribution < -0.4 is 0 Å². The number of hydrogen-bond donors (Lipinski definition) is 0. The van der Waals surface area contributed by atoms with Gasteiger partial charge in [0, 0.05) is 6.08 Å². The van der Waals surface area contributed by atoms with E-state index in [1.807, 2.05) is 0 Å². The third-order valence-electron chi connectivity index (χ3n) is 2.47. The molecule has 1 heterocycles. The normalized spacial score (nSPS) is 26.6. The average Bonchev–Trinajstić information content (AvgIpc) is 2.29. The van der Waals surface area contributed by atoms with Gasteiger partial charge in [-0.15, -0.1) is 0 Å². The van der Waals surface area contributed by atoms with Crippen LogP contribution in [0.15, 0.2) is 33.6 Å². The maximum absolute atomic E-state index is 10.9. The monoisotopic (exact) mass is 255 g/mol. The quantitative estimate of drug-likeness (QED) is 0.569. The van der Waals surface area contributed by atoms with E-state index in [1.165, 1.54) is 12.4 Å². The second kappa shape index (κ2) is 4.67. The van der Waals surface area contributed by atoms with Crippen LogP contribution >= 0.6 is 11.6 Å². The lowest BCUT2D eigenvalue weighted by Gasteiger charge is -2.23. The van der Waals surface area contributed by atoms with Crippen molar-refractivity contribution in [2.24, 2.45) is 15.9 Å². The predicted molar refractivity (Wildman–Crippen MR) is 63.8 cm³/mol. The maximum atomic E-state index is 10.9. The van der Waals surface area contributed by atoms with Crippen molar-refractivity contribution in [3.63, 3.8) is 0 Å². The van der Waals surface area contributed by atoms with E-state index in [2.05, 4.69) is 9.98 Å². The van der Waals surface area contributed by atoms with E-state index >= 15 is 0 Å². The van der Waals surface area contributed by atoms with Gasteiger partial charge in [0.25, 0.3) is 0 Å². The summed E-state index contributed by atoms with van der Waals surface area (Å²) in [6.07, 6.45) is 4.41. The van der Waals surface area contributed by atoms with Gasteiger partial charge in [0.2, 0.25) is 0 Å². The average molecular weight is 256 g/mol. The summed E-state index contributed by atoms with van der Waals surface area (Å²) in [5, 5.41) is 11.2. The van der Waals surface area contributed by atoms with Gasteiger partial charge in [0.05, 0.1) is 23.5 Å². The SMILES string of the molecule is CCOC1=CC2N=CN=C(Cl)C2C=C1[N+](=O)[O-]. The molecule has 0 aromatic rings. The fraction of sp³-hybridized carbons (Fsp3) is 0.400. The van der Waals surface area contributed by atoms with Crippen LogP contribution in [0, 0.1) is 16.0 Å². The number of fused-ring (bicyclic) bond motifs is 1. The Labute approximate surface area is 102 Å². The second-order valence-electron chi connectivity index (χ2n) is 3.51. The molecule has 17 heavy (non-hydrogen) atoms. The minimum atomic E-state index is -0.486. The highest BCUT2D eigenvalue weighted by atomic mass is 35.5. The molecule has 0 saturated heterocycles. The summed E-state index contributed by atoms with van der Waals surface area (Å²) in [4.78, 5) is 18.4. The molecule has 2 unspecified atom stereocenters. The first-order chi connectivity index (χ1) is 8.13. The van der Waals surface area contributed by atoms with Crippen molar-refractivity contribution in [3.05, 3.63) is 33.7 Å². The molecule has 0 fully saturated rings. The minimum Gasteiger partial charge on any atom is -0.487 e. The van der Waals surface area contributed by atoms with E-state index in [0.29, 0.717) is 11.8 Å². The smallest absolute Gasteiger partial charge is 0.307 e. The number of halogens is 1. The van der Waals surface area contributed by atoms with Crippen LogP contribution in [0.25, 0.3) is 0 Å². The van der Waals surface area contributed by atoms with Crippen molar-refractivity contribution in [2.75, 3.05) is 6.61 Å². The Morgan fingerprint density at radius 2 is 2.35 bits per heavy atom. The van der Waals surface area contributed by atoms with Crippen LogP contribution in [0.1, 0.15) is 6.92 Å². The number of aliphatic imine (C=N–C) groups is 2. The fourth-order valence-corrected chi connectivity index (χ4v) is 1.96. The molecule has 0 amide bonds. The molecule has 0 spiro atoms. The van der Waals surface area contributed by atoms with Gasteiger partial charge >= 0.3 is 5.70 Å². The molecule has 0 radical (unpaired) electrons. The molecule has 2 atom stereocenters. The van der Waals surface area contributed by atoms with E-state index in [0.717, 1.165) is 0 Å². The van der Waals surface area contributed by atoms with Crippen molar-refractivity contribution in [2.45, 2.75) is 13.0 Å². The zero-order valence-corrected chi connectivity index (χ0v) is 9.79. The highest BCUT2D eigenvalue weighted by Gasteiger charge is 2.35. The van der Waals surface area contributed by atoms with Crippen molar-refractivity contribution in [3.8, 4) is 0 Å². The molecule has 0 saturated carbocycles. The number of rotatable bonds is 3. The third-order valence-corrected chi connectivity index (χ3v) is 2.82. The molecule has 0 N–H and O–H groups in total. The van der Waals surface area contributed by atoms with Gasteiger partial charge in [-0.3, -0.25) is 15.1 Å². The Balaban J connectivity index is 2.37. The van der Waals surface area contributed by atoms with Crippen LogP contribution in [-0.2, 0) is 4.74 Å². The fourth-order valence-electron chi connectivity index (χ4n) is 1.72. The van der Waals surface area contributed by atoms with Crippen molar-refractivity contribution < 1.29 is 9.66 Å². The summed E-state index contributed by atoms with van der Waals surface area (Å²) in [7, 11) is 0. The predicted octanol–water partition coefficient (Wildman–Crippen LogP) is 1.75. The largest absolute Gasteiger partial charge is 0.487 e. The Kier molecular flexibility index (Phi) is 3.23. The number of nitrogens with zero attached hydrogens (tertiary/aromatic N) is 3. The molecule has 0 aromatic carbocycles. The summed E-state index contributed by atoms with van der Waals surface area (Å²) in [6.45, 7) is 2.13. The molecule has 0 bridgehead atoms. The Bertz CT molecular complexity index is 467. The third kappa shape index (κ3) is 2.21. The van der Waals surface area contributed by atoms with Gasteiger partial charge in [-0.05, 0) is 13.0 Å². The summed E-state index contributed by atoms with van der Waals surface area (Å²) < 4.78 is 5.24. The molecule has 90 valence electrons. The van der Waals surface area contributed by atoms with Crippen LogP contribution in [0.4, 0.5) is 0 Å². The molecule has 0 aromatic heterocycles. The van der Waals surface area contributed by atoms with Gasteiger partial charge < -0.3 is 4.74 Å². The van der Waals surface area contributed by atoms with Crippen LogP contribution in [0.2, 0.25) is 0 Å². The number of ether oxygens (including phenoxy) is 1. The Morgan fingerprint density at radius 1 is 1.59 bits per heavy atom. The molecular formula is C10H10ClN3O3. The molecule has 1 aliphatic heterocycles. The van der Waals surface area contributed by atoms with Gasteiger partial charge in [-0.2, -0.15) is 0 Å². The highest BCUT2D eigenvalue weighted by molar-refractivity contribution is 6.66. The van der Waals surface area contributed by atoms with Gasteiger partial charge in [-0.1, -0.05) is 11.6 Å². The second-order valence-corrected chi connectivity index (χ2v) is 3.89. The van der Waals surface area contributed by atoms with E-state index in [4.69, 9.17) is 16.3 Å². The molecule has 7 heteroatoms. The zero-order chi connectivity index (χ0) is 12.4. The van der Waals surface area contributed by atoms with Gasteiger partial charge in [0.1, 0.15) is 11.5 Å². The highest BCUT2D eigenvalue weighted by Crippen LogP contribution is 2.29. The van der Waals surface area contributed by atoms with E-state index in [-0.39, 0.29) is 23.4 Å². The van der Waals surface area contributed by atoms with Crippen molar-refractivity contribution in [1.82, 2.24) is 0 Å². The van der Waals surface area contributed by atoms with Crippen LogP contribution in [0.3, 0.4) is 0 Å². The lowest BCUT2D eigenvalue weighted by Crippen LogP contribution is -2.29. The standard InChI is InChI=1S/C10H10ClN3O3/c1-2-17-9-4-7-6(3-8(9)14(15)16)10(11)13-5-12-7/h3-7H,2H2,1H3. The van der Waals surface area contributed by atoms with E-state index < -0.39 is 4.92 Å². The molecular weight excluding hydrogens is 246 g/mol.